The number of Topliss-reactive ketones (excluding diaryl/α,β-unsaturated/α-hetero) is 1. The Kier molecular flexibility index (Phi) is 3.40. The van der Waals surface area contributed by atoms with E-state index >= 15 is 0 Å². The minimum Gasteiger partial charge on any atom is -0.431 e. The summed E-state index contributed by atoms with van der Waals surface area (Å²) in [4.78, 5) is 11.1. The second kappa shape index (κ2) is 4.57. The Balaban J connectivity index is 3.36. The van der Waals surface area contributed by atoms with Gasteiger partial charge in [-0.3, -0.25) is 4.79 Å². The van der Waals surface area contributed by atoms with Gasteiger partial charge in [-0.2, -0.15) is 14.0 Å². The molecule has 0 spiro atoms. The molecule has 0 heterocycles. The lowest BCUT2D eigenvalue weighted by atomic mass is 10.1. The first-order chi connectivity index (χ1) is 7.47. The van der Waals surface area contributed by atoms with Crippen LogP contribution in [0.1, 0.15) is 22.8 Å². The van der Waals surface area contributed by atoms with Crippen molar-refractivity contribution in [3.05, 3.63) is 23.3 Å². The average Bonchev–Trinajstić information content (AvgIpc) is 2.19. The van der Waals surface area contributed by atoms with Crippen LogP contribution in [0, 0.1) is 11.3 Å². The number of rotatable bonds is 3. The van der Waals surface area contributed by atoms with Gasteiger partial charge in [-0.1, -0.05) is 0 Å². The first-order valence-electron chi connectivity index (χ1n) is 4.25. The van der Waals surface area contributed by atoms with E-state index in [1.807, 2.05) is 0 Å². The first-order valence-corrected chi connectivity index (χ1v) is 4.25. The van der Waals surface area contributed by atoms with Crippen molar-refractivity contribution >= 4 is 11.5 Å². The zero-order chi connectivity index (χ0) is 12.3. The molecule has 0 fully saturated rings. The van der Waals surface area contributed by atoms with E-state index in [-0.39, 0.29) is 22.6 Å². The summed E-state index contributed by atoms with van der Waals surface area (Å²) in [5.74, 6) is -0.841. The van der Waals surface area contributed by atoms with Crippen LogP contribution in [0.5, 0.6) is 5.75 Å². The van der Waals surface area contributed by atoms with Gasteiger partial charge >= 0.3 is 6.61 Å². The van der Waals surface area contributed by atoms with Crippen molar-refractivity contribution in [3.8, 4) is 11.8 Å². The van der Waals surface area contributed by atoms with Gasteiger partial charge in [0, 0.05) is 5.56 Å². The summed E-state index contributed by atoms with van der Waals surface area (Å²) in [5, 5.41) is 8.67. The van der Waals surface area contributed by atoms with Crippen molar-refractivity contribution in [3.63, 3.8) is 0 Å². The third-order valence-electron chi connectivity index (χ3n) is 1.90. The molecule has 84 valence electrons. The summed E-state index contributed by atoms with van der Waals surface area (Å²) in [5.41, 5.74) is 5.15. The molecular formula is C10H8F2N2O2. The zero-order valence-corrected chi connectivity index (χ0v) is 8.33. The molecule has 0 bridgehead atoms. The molecule has 2 N–H and O–H groups in total. The zero-order valence-electron chi connectivity index (χ0n) is 8.33. The maximum absolute atomic E-state index is 12.1. The van der Waals surface area contributed by atoms with Crippen LogP contribution in [0.15, 0.2) is 12.1 Å². The van der Waals surface area contributed by atoms with Crippen LogP contribution < -0.4 is 10.5 Å². The third-order valence-corrected chi connectivity index (χ3v) is 1.90. The minimum atomic E-state index is -3.10. The molecule has 6 heteroatoms. The molecule has 0 aromatic heterocycles. The van der Waals surface area contributed by atoms with Crippen LogP contribution in [0.3, 0.4) is 0 Å². The molecule has 0 saturated heterocycles. The molecule has 4 nitrogen and oxygen atoms in total. The lowest BCUT2D eigenvalue weighted by Gasteiger charge is -2.11. The summed E-state index contributed by atoms with van der Waals surface area (Å²) in [6.07, 6.45) is 0. The number of alkyl halides is 2. The minimum absolute atomic E-state index is 0.0506. The summed E-state index contributed by atoms with van der Waals surface area (Å²) >= 11 is 0. The molecule has 1 rings (SSSR count). The van der Waals surface area contributed by atoms with Crippen molar-refractivity contribution in [2.45, 2.75) is 13.5 Å². The maximum Gasteiger partial charge on any atom is 0.387 e. The molecule has 0 aliphatic heterocycles. The number of ketones is 1. The number of hydrogen-bond donors (Lipinski definition) is 1. The van der Waals surface area contributed by atoms with E-state index < -0.39 is 12.4 Å². The van der Waals surface area contributed by atoms with Gasteiger partial charge in [0.1, 0.15) is 6.07 Å². The van der Waals surface area contributed by atoms with Crippen molar-refractivity contribution in [2.24, 2.45) is 0 Å². The average molecular weight is 226 g/mol. The van der Waals surface area contributed by atoms with E-state index in [4.69, 9.17) is 11.0 Å². The first kappa shape index (κ1) is 11.9. The fourth-order valence-electron chi connectivity index (χ4n) is 1.21. The summed E-state index contributed by atoms with van der Waals surface area (Å²) < 4.78 is 28.3. The Hall–Kier alpha value is -2.16. The SMILES string of the molecule is CC(=O)c1ccc(C#N)c(OC(F)F)c1N. The largest absolute Gasteiger partial charge is 0.431 e. The quantitative estimate of drug-likeness (QED) is 0.631. The number of nitrogen functional groups attached to an aromatic ring is 1. The Morgan fingerprint density at radius 1 is 1.56 bits per heavy atom. The fourth-order valence-corrected chi connectivity index (χ4v) is 1.21. The molecule has 0 atom stereocenters. The highest BCUT2D eigenvalue weighted by atomic mass is 19.3. The normalized spacial score (nSPS) is 9.94. The number of nitrogens with zero attached hydrogens (tertiary/aromatic N) is 1. The summed E-state index contributed by atoms with van der Waals surface area (Å²) in [7, 11) is 0. The van der Waals surface area contributed by atoms with Gasteiger partial charge in [0.05, 0.1) is 11.3 Å². The number of ether oxygens (including phenoxy) is 1. The molecule has 0 saturated carbocycles. The molecule has 0 aliphatic rings. The predicted molar refractivity (Wildman–Crippen MR) is 52.2 cm³/mol. The van der Waals surface area contributed by atoms with E-state index in [9.17, 15) is 13.6 Å². The van der Waals surface area contributed by atoms with E-state index in [1.165, 1.54) is 19.1 Å². The number of hydrogen-bond acceptors (Lipinski definition) is 4. The second-order valence-corrected chi connectivity index (χ2v) is 2.95. The van der Waals surface area contributed by atoms with Crippen molar-refractivity contribution in [2.75, 3.05) is 5.73 Å². The van der Waals surface area contributed by atoms with Gasteiger partial charge in [0.2, 0.25) is 0 Å². The summed E-state index contributed by atoms with van der Waals surface area (Å²) in [6, 6.07) is 4.17. The number of nitriles is 1. The van der Waals surface area contributed by atoms with Gasteiger partial charge in [-0.25, -0.2) is 0 Å². The fraction of sp³-hybridized carbons (Fsp3) is 0.200. The van der Waals surface area contributed by atoms with Crippen LogP contribution in [0.2, 0.25) is 0 Å². The van der Waals surface area contributed by atoms with Gasteiger partial charge in [0.15, 0.2) is 11.5 Å². The lowest BCUT2D eigenvalue weighted by Crippen LogP contribution is -2.09. The van der Waals surface area contributed by atoms with E-state index in [0.717, 1.165) is 0 Å². The van der Waals surface area contributed by atoms with Crippen molar-refractivity contribution in [1.82, 2.24) is 0 Å². The third kappa shape index (κ3) is 2.25. The van der Waals surface area contributed by atoms with Crippen LogP contribution >= 0.6 is 0 Å². The van der Waals surface area contributed by atoms with Crippen LogP contribution in [0.4, 0.5) is 14.5 Å². The van der Waals surface area contributed by atoms with E-state index in [2.05, 4.69) is 4.74 Å². The number of anilines is 1. The topological polar surface area (TPSA) is 76.1 Å². The molecule has 1 aromatic carbocycles. The Bertz CT molecular complexity index is 467. The highest BCUT2D eigenvalue weighted by Crippen LogP contribution is 2.31. The lowest BCUT2D eigenvalue weighted by molar-refractivity contribution is -0.0495. The van der Waals surface area contributed by atoms with Crippen molar-refractivity contribution in [1.29, 1.82) is 5.26 Å². The molecule has 16 heavy (non-hydrogen) atoms. The van der Waals surface area contributed by atoms with Crippen LogP contribution in [-0.2, 0) is 0 Å². The molecule has 0 unspecified atom stereocenters. The second-order valence-electron chi connectivity index (χ2n) is 2.95. The Morgan fingerprint density at radius 3 is 2.62 bits per heavy atom. The Morgan fingerprint density at radius 2 is 2.19 bits per heavy atom. The van der Waals surface area contributed by atoms with Gasteiger partial charge in [0.25, 0.3) is 0 Å². The van der Waals surface area contributed by atoms with Crippen molar-refractivity contribution < 1.29 is 18.3 Å². The molecule has 0 radical (unpaired) electrons. The van der Waals surface area contributed by atoms with E-state index in [0.29, 0.717) is 0 Å². The highest BCUT2D eigenvalue weighted by molar-refractivity contribution is 6.00. The van der Waals surface area contributed by atoms with Crippen LogP contribution in [0.25, 0.3) is 0 Å². The molecule has 1 aromatic rings. The smallest absolute Gasteiger partial charge is 0.387 e. The summed E-state index contributed by atoms with van der Waals surface area (Å²) in [6.45, 7) is -1.86. The van der Waals surface area contributed by atoms with Gasteiger partial charge in [-0.15, -0.1) is 0 Å². The number of nitrogens with two attached hydrogens (primary N) is 1. The van der Waals surface area contributed by atoms with Crippen LogP contribution in [-0.4, -0.2) is 12.4 Å². The van der Waals surface area contributed by atoms with Gasteiger partial charge < -0.3 is 10.5 Å². The predicted octanol–water partition coefficient (Wildman–Crippen LogP) is 1.94. The maximum atomic E-state index is 12.1. The molecule has 0 aliphatic carbocycles. The standard InChI is InChI=1S/C10H8F2N2O2/c1-5(15)7-3-2-6(4-13)9(8(7)14)16-10(11)12/h2-3,10H,14H2,1H3. The number of carbonyl (C=O) groups is 1. The van der Waals surface area contributed by atoms with Gasteiger partial charge in [-0.05, 0) is 19.1 Å². The monoisotopic (exact) mass is 226 g/mol. The number of benzene rings is 1. The van der Waals surface area contributed by atoms with E-state index in [1.54, 1.807) is 6.07 Å². The molecular weight excluding hydrogens is 218 g/mol. The molecule has 0 amide bonds. The number of halogens is 2. The Labute approximate surface area is 90.2 Å². The number of carbonyl (C=O) groups excluding carboxylic acids is 1. The highest BCUT2D eigenvalue weighted by Gasteiger charge is 2.17.